The summed E-state index contributed by atoms with van der Waals surface area (Å²) in [7, 11) is 0. The predicted octanol–water partition coefficient (Wildman–Crippen LogP) is 0.681. The van der Waals surface area contributed by atoms with Crippen LogP contribution in [0.5, 0.6) is 5.75 Å². The maximum atomic E-state index is 11.4. The van der Waals surface area contributed by atoms with E-state index < -0.39 is 5.91 Å². The number of benzene rings is 1. The quantitative estimate of drug-likeness (QED) is 0.670. The number of nitrogens with zero attached hydrogens (tertiary/aromatic N) is 1. The van der Waals surface area contributed by atoms with Crippen molar-refractivity contribution in [1.82, 2.24) is 4.90 Å². The molecule has 120 valence electrons. The molecular weight excluding hydrogens is 284 g/mol. The van der Waals surface area contributed by atoms with Crippen LogP contribution >= 0.6 is 0 Å². The van der Waals surface area contributed by atoms with Crippen LogP contribution in [0.3, 0.4) is 0 Å². The predicted molar refractivity (Wildman–Crippen MR) is 84.4 cm³/mol. The van der Waals surface area contributed by atoms with Crippen molar-refractivity contribution in [2.45, 2.75) is 6.42 Å². The van der Waals surface area contributed by atoms with Crippen molar-refractivity contribution >= 4 is 17.3 Å². The minimum absolute atomic E-state index is 0.449. The van der Waals surface area contributed by atoms with Crippen LogP contribution in [0, 0.1) is 0 Å². The molecule has 22 heavy (non-hydrogen) atoms. The molecule has 1 aromatic carbocycles. The van der Waals surface area contributed by atoms with E-state index in [0.29, 0.717) is 24.6 Å². The van der Waals surface area contributed by atoms with E-state index in [2.05, 4.69) is 15.5 Å². The molecule has 4 N–H and O–H groups in total. The van der Waals surface area contributed by atoms with E-state index in [0.717, 1.165) is 50.6 Å². The fraction of sp³-hybridized carbons (Fsp3) is 0.533. The number of carbonyl (C=O) groups excluding carboxylic acids is 1. The monoisotopic (exact) mass is 306 g/mol. The third-order valence-corrected chi connectivity index (χ3v) is 3.91. The van der Waals surface area contributed by atoms with Gasteiger partial charge < -0.3 is 25.8 Å². The molecule has 2 heterocycles. The van der Waals surface area contributed by atoms with Crippen LogP contribution in [0.4, 0.5) is 11.4 Å². The Morgan fingerprint density at radius 3 is 2.91 bits per heavy atom. The van der Waals surface area contributed by atoms with Crippen molar-refractivity contribution < 1.29 is 14.3 Å². The topological polar surface area (TPSA) is 88.9 Å². The zero-order valence-electron chi connectivity index (χ0n) is 12.6. The van der Waals surface area contributed by atoms with Crippen LogP contribution in [-0.4, -0.2) is 56.9 Å². The van der Waals surface area contributed by atoms with Gasteiger partial charge in [-0.15, -0.1) is 0 Å². The molecule has 0 saturated carbocycles. The van der Waals surface area contributed by atoms with Crippen LogP contribution in [0.15, 0.2) is 12.1 Å². The molecular formula is C15H22N4O3. The van der Waals surface area contributed by atoms with Crippen molar-refractivity contribution in [2.24, 2.45) is 5.73 Å². The molecule has 1 aromatic rings. The number of hydrogen-bond donors (Lipinski definition) is 3. The van der Waals surface area contributed by atoms with Crippen LogP contribution in [0.1, 0.15) is 16.8 Å². The number of primary amides is 1. The molecule has 0 bridgehead atoms. The number of fused-ring (bicyclic) bond motifs is 1. The lowest BCUT2D eigenvalue weighted by atomic mass is 10.1. The largest absolute Gasteiger partial charge is 0.491 e. The minimum atomic E-state index is -0.449. The van der Waals surface area contributed by atoms with Gasteiger partial charge in [-0.3, -0.25) is 9.69 Å². The average molecular weight is 306 g/mol. The van der Waals surface area contributed by atoms with Gasteiger partial charge in [-0.2, -0.15) is 0 Å². The van der Waals surface area contributed by atoms with Gasteiger partial charge in [0.2, 0.25) is 5.91 Å². The lowest BCUT2D eigenvalue weighted by Crippen LogP contribution is -2.37. The number of hydrogen-bond acceptors (Lipinski definition) is 6. The fourth-order valence-electron chi connectivity index (χ4n) is 2.72. The number of nitrogens with two attached hydrogens (primary N) is 1. The van der Waals surface area contributed by atoms with E-state index in [4.69, 9.17) is 15.2 Å². The molecule has 0 aliphatic carbocycles. The van der Waals surface area contributed by atoms with Gasteiger partial charge in [0.1, 0.15) is 11.4 Å². The highest BCUT2D eigenvalue weighted by Crippen LogP contribution is 2.37. The van der Waals surface area contributed by atoms with Crippen LogP contribution < -0.4 is 21.1 Å². The maximum Gasteiger partial charge on any atom is 0.248 e. The number of anilines is 2. The van der Waals surface area contributed by atoms with Gasteiger partial charge in [-0.25, -0.2) is 0 Å². The molecule has 0 radical (unpaired) electrons. The number of nitrogens with one attached hydrogen (secondary N) is 2. The Morgan fingerprint density at radius 2 is 2.14 bits per heavy atom. The Balaban J connectivity index is 1.56. The van der Waals surface area contributed by atoms with Crippen molar-refractivity contribution in [3.63, 3.8) is 0 Å². The Bertz CT molecular complexity index is 544. The minimum Gasteiger partial charge on any atom is -0.491 e. The highest BCUT2D eigenvalue weighted by Gasteiger charge is 2.18. The van der Waals surface area contributed by atoms with Gasteiger partial charge >= 0.3 is 0 Å². The van der Waals surface area contributed by atoms with Gasteiger partial charge in [0, 0.05) is 25.2 Å². The zero-order chi connectivity index (χ0) is 15.4. The molecule has 1 fully saturated rings. The van der Waals surface area contributed by atoms with E-state index in [1.165, 1.54) is 0 Å². The van der Waals surface area contributed by atoms with Crippen LogP contribution in [0.25, 0.3) is 0 Å². The summed E-state index contributed by atoms with van der Waals surface area (Å²) >= 11 is 0. The van der Waals surface area contributed by atoms with Crippen molar-refractivity contribution in [3.8, 4) is 5.75 Å². The van der Waals surface area contributed by atoms with E-state index in [-0.39, 0.29) is 0 Å². The van der Waals surface area contributed by atoms with Gasteiger partial charge in [-0.05, 0) is 18.6 Å². The van der Waals surface area contributed by atoms with E-state index >= 15 is 0 Å². The number of rotatable bonds is 6. The Morgan fingerprint density at radius 1 is 1.32 bits per heavy atom. The fourth-order valence-corrected chi connectivity index (χ4v) is 2.72. The third-order valence-electron chi connectivity index (χ3n) is 3.91. The highest BCUT2D eigenvalue weighted by molar-refractivity contribution is 5.97. The normalized spacial score (nSPS) is 17.5. The summed E-state index contributed by atoms with van der Waals surface area (Å²) in [6.07, 6.45) is 0.934. The second-order valence-electron chi connectivity index (χ2n) is 5.45. The maximum absolute atomic E-state index is 11.4. The first-order valence-corrected chi connectivity index (χ1v) is 7.62. The lowest BCUT2D eigenvalue weighted by Gasteiger charge is -2.26. The van der Waals surface area contributed by atoms with E-state index in [1.54, 1.807) is 12.1 Å². The molecule has 2 aliphatic heterocycles. The summed E-state index contributed by atoms with van der Waals surface area (Å²) in [5, 5.41) is 6.37. The third kappa shape index (κ3) is 3.42. The molecule has 0 atom stereocenters. The van der Waals surface area contributed by atoms with Crippen LogP contribution in [0.2, 0.25) is 0 Å². The molecule has 1 amide bonds. The molecule has 7 nitrogen and oxygen atoms in total. The second kappa shape index (κ2) is 6.85. The Kier molecular flexibility index (Phi) is 4.65. The van der Waals surface area contributed by atoms with Gasteiger partial charge in [-0.1, -0.05) is 0 Å². The lowest BCUT2D eigenvalue weighted by molar-refractivity contribution is 0.0358. The Labute approximate surface area is 129 Å². The van der Waals surface area contributed by atoms with Crippen molar-refractivity contribution in [1.29, 1.82) is 0 Å². The zero-order valence-corrected chi connectivity index (χ0v) is 12.6. The van der Waals surface area contributed by atoms with Crippen molar-refractivity contribution in [3.05, 3.63) is 17.7 Å². The molecule has 3 rings (SSSR count). The smallest absolute Gasteiger partial charge is 0.248 e. The average Bonchev–Trinajstić information content (AvgIpc) is 3.01. The SMILES string of the molecule is NC(=O)c1cc2c(c(OCCCN3CCOCC3)c1)NCN2. The number of morpholine rings is 1. The van der Waals surface area contributed by atoms with Gasteiger partial charge in [0.25, 0.3) is 0 Å². The standard InChI is InChI=1S/C15H22N4O3/c16-15(20)11-8-12-14(18-10-17-12)13(9-11)22-5-1-2-19-3-6-21-7-4-19/h8-9,17-18H,1-7,10H2,(H2,16,20). The second-order valence-corrected chi connectivity index (χ2v) is 5.45. The highest BCUT2D eigenvalue weighted by atomic mass is 16.5. The first-order valence-electron chi connectivity index (χ1n) is 7.62. The number of carbonyl (C=O) groups is 1. The molecule has 1 saturated heterocycles. The number of ether oxygens (including phenoxy) is 2. The number of amides is 1. The first-order chi connectivity index (χ1) is 10.7. The molecule has 0 spiro atoms. The van der Waals surface area contributed by atoms with Crippen LogP contribution in [-0.2, 0) is 4.74 Å². The van der Waals surface area contributed by atoms with E-state index in [1.807, 2.05) is 0 Å². The molecule has 0 unspecified atom stereocenters. The van der Waals surface area contributed by atoms with Crippen molar-refractivity contribution in [2.75, 3.05) is 56.8 Å². The first kappa shape index (κ1) is 14.9. The summed E-state index contributed by atoms with van der Waals surface area (Å²) in [4.78, 5) is 13.8. The molecule has 7 heteroatoms. The summed E-state index contributed by atoms with van der Waals surface area (Å²) in [5.41, 5.74) is 7.58. The Hall–Kier alpha value is -1.99. The summed E-state index contributed by atoms with van der Waals surface area (Å²) in [5.74, 6) is 0.230. The van der Waals surface area contributed by atoms with E-state index in [9.17, 15) is 4.79 Å². The van der Waals surface area contributed by atoms with Gasteiger partial charge in [0.15, 0.2) is 0 Å². The molecule has 2 aliphatic rings. The summed E-state index contributed by atoms with van der Waals surface area (Å²) in [6.45, 7) is 5.81. The van der Waals surface area contributed by atoms with Gasteiger partial charge in [0.05, 0.1) is 32.2 Å². The summed E-state index contributed by atoms with van der Waals surface area (Å²) in [6, 6.07) is 3.45. The summed E-state index contributed by atoms with van der Waals surface area (Å²) < 4.78 is 11.2. The molecule has 0 aromatic heterocycles.